The first-order valence-corrected chi connectivity index (χ1v) is 7.81. The fourth-order valence-corrected chi connectivity index (χ4v) is 3.18. The van der Waals surface area contributed by atoms with Crippen LogP contribution in [0.25, 0.3) is 0 Å². The minimum Gasteiger partial charge on any atom is -0.348 e. The van der Waals surface area contributed by atoms with Gasteiger partial charge in [0.15, 0.2) is 5.79 Å². The molecule has 1 saturated heterocycles. The normalized spacial score (nSPS) is 23.0. The SMILES string of the molecule is Brc1ccc(CNC2CCC3(CC2)OCCO3)cc1. The Kier molecular flexibility index (Phi) is 4.22. The molecule has 3 rings (SSSR count). The van der Waals surface area contributed by atoms with Crippen molar-refractivity contribution in [2.24, 2.45) is 0 Å². The van der Waals surface area contributed by atoms with Crippen LogP contribution in [0.15, 0.2) is 28.7 Å². The molecule has 104 valence electrons. The van der Waals surface area contributed by atoms with Crippen molar-refractivity contribution in [2.45, 2.75) is 44.1 Å². The van der Waals surface area contributed by atoms with Crippen LogP contribution in [0.3, 0.4) is 0 Å². The minimum absolute atomic E-state index is 0.240. The predicted octanol–water partition coefficient (Wildman–Crippen LogP) is 3.22. The van der Waals surface area contributed by atoms with Gasteiger partial charge >= 0.3 is 0 Å². The molecule has 0 radical (unpaired) electrons. The maximum absolute atomic E-state index is 5.75. The average Bonchev–Trinajstić information content (AvgIpc) is 2.89. The van der Waals surface area contributed by atoms with E-state index < -0.39 is 0 Å². The Morgan fingerprint density at radius 3 is 2.37 bits per heavy atom. The van der Waals surface area contributed by atoms with Gasteiger partial charge in [-0.3, -0.25) is 0 Å². The molecule has 1 N–H and O–H groups in total. The van der Waals surface area contributed by atoms with Gasteiger partial charge in [-0.25, -0.2) is 0 Å². The van der Waals surface area contributed by atoms with E-state index >= 15 is 0 Å². The first-order valence-electron chi connectivity index (χ1n) is 7.02. The van der Waals surface area contributed by atoms with Gasteiger partial charge in [-0.2, -0.15) is 0 Å². The van der Waals surface area contributed by atoms with Crippen LogP contribution in [0.4, 0.5) is 0 Å². The van der Waals surface area contributed by atoms with E-state index in [-0.39, 0.29) is 5.79 Å². The van der Waals surface area contributed by atoms with Gasteiger partial charge in [0.25, 0.3) is 0 Å². The monoisotopic (exact) mass is 325 g/mol. The molecule has 1 heterocycles. The highest BCUT2D eigenvalue weighted by molar-refractivity contribution is 9.10. The Balaban J connectivity index is 1.46. The zero-order chi connectivity index (χ0) is 13.1. The number of hydrogen-bond donors (Lipinski definition) is 1. The number of hydrogen-bond acceptors (Lipinski definition) is 3. The van der Waals surface area contributed by atoms with E-state index in [0.29, 0.717) is 6.04 Å². The summed E-state index contributed by atoms with van der Waals surface area (Å²) in [6, 6.07) is 9.08. The fourth-order valence-electron chi connectivity index (χ4n) is 2.91. The molecule has 19 heavy (non-hydrogen) atoms. The van der Waals surface area contributed by atoms with E-state index in [0.717, 1.165) is 49.9 Å². The second kappa shape index (κ2) is 5.92. The smallest absolute Gasteiger partial charge is 0.168 e. The van der Waals surface area contributed by atoms with Crippen molar-refractivity contribution in [3.8, 4) is 0 Å². The zero-order valence-electron chi connectivity index (χ0n) is 11.0. The highest BCUT2D eigenvalue weighted by atomic mass is 79.9. The molecule has 1 aliphatic heterocycles. The zero-order valence-corrected chi connectivity index (χ0v) is 12.6. The predicted molar refractivity (Wildman–Crippen MR) is 77.9 cm³/mol. The first-order chi connectivity index (χ1) is 9.26. The fraction of sp³-hybridized carbons (Fsp3) is 0.600. The minimum atomic E-state index is -0.240. The molecular weight excluding hydrogens is 306 g/mol. The summed E-state index contributed by atoms with van der Waals surface area (Å²) < 4.78 is 12.6. The number of ether oxygens (including phenoxy) is 2. The summed E-state index contributed by atoms with van der Waals surface area (Å²) in [6.07, 6.45) is 4.31. The Hall–Kier alpha value is -0.420. The number of benzene rings is 1. The molecule has 0 bridgehead atoms. The van der Waals surface area contributed by atoms with Crippen molar-refractivity contribution in [1.82, 2.24) is 5.32 Å². The van der Waals surface area contributed by atoms with Crippen LogP contribution < -0.4 is 5.32 Å². The van der Waals surface area contributed by atoms with Crippen molar-refractivity contribution in [1.29, 1.82) is 0 Å². The van der Waals surface area contributed by atoms with Gasteiger partial charge in [0.2, 0.25) is 0 Å². The quantitative estimate of drug-likeness (QED) is 0.925. The molecule has 2 aliphatic rings. The molecule has 0 atom stereocenters. The lowest BCUT2D eigenvalue weighted by molar-refractivity contribution is -0.179. The number of nitrogens with one attached hydrogen (secondary N) is 1. The third kappa shape index (κ3) is 3.37. The lowest BCUT2D eigenvalue weighted by Gasteiger charge is -2.35. The van der Waals surface area contributed by atoms with E-state index in [4.69, 9.17) is 9.47 Å². The molecular formula is C15H20BrNO2. The molecule has 1 saturated carbocycles. The maximum atomic E-state index is 5.75. The Morgan fingerprint density at radius 2 is 1.74 bits per heavy atom. The summed E-state index contributed by atoms with van der Waals surface area (Å²) in [5.74, 6) is -0.240. The first kappa shape index (κ1) is 13.6. The van der Waals surface area contributed by atoms with Crippen LogP contribution in [0.2, 0.25) is 0 Å². The summed E-state index contributed by atoms with van der Waals surface area (Å²) in [4.78, 5) is 0. The van der Waals surface area contributed by atoms with Gasteiger partial charge in [0, 0.05) is 29.9 Å². The molecule has 1 aromatic carbocycles. The van der Waals surface area contributed by atoms with Gasteiger partial charge in [-0.05, 0) is 30.5 Å². The highest BCUT2D eigenvalue weighted by Crippen LogP contribution is 2.35. The maximum Gasteiger partial charge on any atom is 0.168 e. The van der Waals surface area contributed by atoms with Crippen molar-refractivity contribution >= 4 is 15.9 Å². The largest absolute Gasteiger partial charge is 0.348 e. The van der Waals surface area contributed by atoms with Gasteiger partial charge in [0.05, 0.1) is 13.2 Å². The van der Waals surface area contributed by atoms with Crippen LogP contribution in [-0.2, 0) is 16.0 Å². The molecule has 2 fully saturated rings. The summed E-state index contributed by atoms with van der Waals surface area (Å²) in [5.41, 5.74) is 1.33. The van der Waals surface area contributed by atoms with Gasteiger partial charge in [0.1, 0.15) is 0 Å². The van der Waals surface area contributed by atoms with E-state index in [2.05, 4.69) is 45.5 Å². The second-order valence-electron chi connectivity index (χ2n) is 5.39. The van der Waals surface area contributed by atoms with Crippen LogP contribution >= 0.6 is 15.9 Å². The Morgan fingerprint density at radius 1 is 1.11 bits per heavy atom. The molecule has 1 aliphatic carbocycles. The summed E-state index contributed by atoms with van der Waals surface area (Å²) in [7, 11) is 0. The molecule has 0 unspecified atom stereocenters. The second-order valence-corrected chi connectivity index (χ2v) is 6.30. The van der Waals surface area contributed by atoms with Crippen LogP contribution in [-0.4, -0.2) is 25.0 Å². The highest BCUT2D eigenvalue weighted by Gasteiger charge is 2.40. The van der Waals surface area contributed by atoms with Crippen molar-refractivity contribution < 1.29 is 9.47 Å². The molecule has 4 heteroatoms. The van der Waals surface area contributed by atoms with Crippen molar-refractivity contribution in [2.75, 3.05) is 13.2 Å². The summed E-state index contributed by atoms with van der Waals surface area (Å²) in [6.45, 7) is 2.46. The molecule has 1 spiro atoms. The van der Waals surface area contributed by atoms with Crippen molar-refractivity contribution in [3.63, 3.8) is 0 Å². The average molecular weight is 326 g/mol. The Bertz CT molecular complexity index is 405. The van der Waals surface area contributed by atoms with Gasteiger partial charge < -0.3 is 14.8 Å². The van der Waals surface area contributed by atoms with Crippen LogP contribution in [0.5, 0.6) is 0 Å². The molecule has 0 amide bonds. The Labute approximate surface area is 122 Å². The molecule has 0 aromatic heterocycles. The lowest BCUT2D eigenvalue weighted by atomic mass is 9.90. The topological polar surface area (TPSA) is 30.5 Å². The van der Waals surface area contributed by atoms with E-state index in [1.165, 1.54) is 5.56 Å². The third-order valence-electron chi connectivity index (χ3n) is 4.07. The van der Waals surface area contributed by atoms with Crippen LogP contribution in [0, 0.1) is 0 Å². The van der Waals surface area contributed by atoms with Crippen molar-refractivity contribution in [3.05, 3.63) is 34.3 Å². The van der Waals surface area contributed by atoms with Gasteiger partial charge in [-0.15, -0.1) is 0 Å². The van der Waals surface area contributed by atoms with Gasteiger partial charge in [-0.1, -0.05) is 28.1 Å². The summed E-state index contributed by atoms with van der Waals surface area (Å²) in [5, 5.41) is 3.64. The number of halogens is 1. The lowest BCUT2D eigenvalue weighted by Crippen LogP contribution is -2.41. The van der Waals surface area contributed by atoms with E-state index in [1.807, 2.05) is 0 Å². The third-order valence-corrected chi connectivity index (χ3v) is 4.60. The molecule has 1 aromatic rings. The van der Waals surface area contributed by atoms with E-state index in [9.17, 15) is 0 Å². The standard InChI is InChI=1S/C15H20BrNO2/c16-13-3-1-12(2-4-13)11-17-14-5-7-15(8-6-14)18-9-10-19-15/h1-4,14,17H,5-11H2. The van der Waals surface area contributed by atoms with E-state index in [1.54, 1.807) is 0 Å². The molecule has 3 nitrogen and oxygen atoms in total. The summed E-state index contributed by atoms with van der Waals surface area (Å²) >= 11 is 3.46. The van der Waals surface area contributed by atoms with Crippen LogP contribution in [0.1, 0.15) is 31.2 Å². The number of rotatable bonds is 3.